The summed E-state index contributed by atoms with van der Waals surface area (Å²) in [5.74, 6) is 0.596. The summed E-state index contributed by atoms with van der Waals surface area (Å²) >= 11 is 12.1. The first-order valence-corrected chi connectivity index (χ1v) is 13.2. The maximum atomic E-state index is 12.8. The number of amides is 2. The number of likely N-dealkylation sites (N-methyl/N-ethyl adjacent to an activating group) is 1. The lowest BCUT2D eigenvalue weighted by atomic mass is 9.91. The van der Waals surface area contributed by atoms with Crippen LogP contribution in [0.2, 0.25) is 10.0 Å². The number of H-pyrrole nitrogens is 1. The molecular weight excluding hydrogens is 471 g/mol. The number of hydrogen-bond donors (Lipinski definition) is 2. The lowest BCUT2D eigenvalue weighted by Gasteiger charge is -2.32. The molecule has 0 atom stereocenters. The Hall–Kier alpha value is -2.02. The van der Waals surface area contributed by atoms with Crippen molar-refractivity contribution in [2.24, 2.45) is 5.92 Å². The second-order valence-electron chi connectivity index (χ2n) is 9.42. The molecule has 2 N–H and O–H groups in total. The van der Waals surface area contributed by atoms with Crippen LogP contribution >= 0.6 is 23.2 Å². The fraction of sp³-hybridized carbons (Fsp3) is 0.538. The molecule has 2 aliphatic rings. The van der Waals surface area contributed by atoms with Crippen molar-refractivity contribution in [2.45, 2.75) is 52.0 Å². The average molecular weight is 505 g/mol. The summed E-state index contributed by atoms with van der Waals surface area (Å²) in [6.45, 7) is 7.39. The number of nitrogens with zero attached hydrogens (tertiary/aromatic N) is 2. The van der Waals surface area contributed by atoms with E-state index in [4.69, 9.17) is 23.2 Å². The van der Waals surface area contributed by atoms with Crippen molar-refractivity contribution in [3.05, 3.63) is 56.8 Å². The number of carbonyl (C=O) groups is 2. The maximum Gasteiger partial charge on any atom is 0.267 e. The number of unbranched alkanes of at least 4 members (excludes halogenated alkanes) is 1. The molecule has 6 nitrogen and oxygen atoms in total. The van der Waals surface area contributed by atoms with Crippen LogP contribution in [0.25, 0.3) is 0 Å². The highest BCUT2D eigenvalue weighted by atomic mass is 35.5. The van der Waals surface area contributed by atoms with Gasteiger partial charge in [-0.1, -0.05) is 43.0 Å². The second kappa shape index (κ2) is 11.6. The summed E-state index contributed by atoms with van der Waals surface area (Å²) in [4.78, 5) is 32.9. The zero-order valence-corrected chi connectivity index (χ0v) is 21.4. The molecule has 1 aromatic carbocycles. The molecule has 2 aliphatic heterocycles. The lowest BCUT2D eigenvalue weighted by Crippen LogP contribution is -2.38. The van der Waals surface area contributed by atoms with Gasteiger partial charge >= 0.3 is 0 Å². The Bertz CT molecular complexity index is 1010. The summed E-state index contributed by atoms with van der Waals surface area (Å²) < 4.78 is 0. The normalized spacial score (nSPS) is 17.0. The summed E-state index contributed by atoms with van der Waals surface area (Å²) in [7, 11) is 0. The van der Waals surface area contributed by atoms with Gasteiger partial charge in [-0.05, 0) is 61.6 Å². The van der Waals surface area contributed by atoms with Crippen LogP contribution in [0.5, 0.6) is 0 Å². The molecule has 8 heteroatoms. The predicted molar refractivity (Wildman–Crippen MR) is 137 cm³/mol. The van der Waals surface area contributed by atoms with E-state index >= 15 is 0 Å². The van der Waals surface area contributed by atoms with Crippen molar-refractivity contribution in [1.82, 2.24) is 20.1 Å². The molecule has 2 aromatic rings. The molecule has 0 spiro atoms. The Morgan fingerprint density at radius 3 is 2.65 bits per heavy atom. The van der Waals surface area contributed by atoms with E-state index in [1.165, 1.54) is 11.3 Å². The van der Waals surface area contributed by atoms with Crippen LogP contribution in [0.15, 0.2) is 24.3 Å². The molecule has 0 unspecified atom stereocenters. The zero-order chi connectivity index (χ0) is 24.1. The van der Waals surface area contributed by atoms with Gasteiger partial charge in [0.15, 0.2) is 0 Å². The number of halogens is 2. The van der Waals surface area contributed by atoms with Crippen LogP contribution < -0.4 is 5.32 Å². The highest BCUT2D eigenvalue weighted by Crippen LogP contribution is 2.27. The molecule has 1 saturated heterocycles. The van der Waals surface area contributed by atoms with Crippen molar-refractivity contribution in [3.8, 4) is 0 Å². The molecule has 0 radical (unpaired) electrons. The average Bonchev–Trinajstić information content (AvgIpc) is 3.27. The van der Waals surface area contributed by atoms with E-state index in [-0.39, 0.29) is 11.8 Å². The number of fused-ring (bicyclic) bond motifs is 1. The Morgan fingerprint density at radius 2 is 1.91 bits per heavy atom. The Morgan fingerprint density at radius 1 is 1.12 bits per heavy atom. The van der Waals surface area contributed by atoms with E-state index in [1.54, 1.807) is 18.2 Å². The third-order valence-corrected chi connectivity index (χ3v) is 7.69. The van der Waals surface area contributed by atoms with Gasteiger partial charge in [-0.15, -0.1) is 0 Å². The smallest absolute Gasteiger partial charge is 0.267 e. The Balaban J connectivity index is 1.13. The van der Waals surface area contributed by atoms with Crippen LogP contribution in [0.4, 0.5) is 0 Å². The molecule has 2 amide bonds. The van der Waals surface area contributed by atoms with Crippen LogP contribution in [-0.4, -0.2) is 59.3 Å². The maximum absolute atomic E-state index is 12.8. The fourth-order valence-corrected chi connectivity index (χ4v) is 5.49. The summed E-state index contributed by atoms with van der Waals surface area (Å²) in [5, 5.41) is 4.00. The molecule has 0 saturated carbocycles. The minimum absolute atomic E-state index is 0.00914. The molecule has 34 heavy (non-hydrogen) atoms. The van der Waals surface area contributed by atoms with Gasteiger partial charge in [-0.3, -0.25) is 14.5 Å². The monoisotopic (exact) mass is 504 g/mol. The number of rotatable bonds is 8. The molecular formula is C26H34Cl2N4O2. The van der Waals surface area contributed by atoms with Crippen molar-refractivity contribution in [1.29, 1.82) is 0 Å². The lowest BCUT2D eigenvalue weighted by molar-refractivity contribution is 0.0686. The highest BCUT2D eigenvalue weighted by Gasteiger charge is 2.25. The standard InChI is InChI=1S/C26H34Cl2N4O2/c1-2-31-12-10-23-19(17-31)15-24(30-23)25(33)29-11-4-3-5-18-8-13-32(14-9-18)26(34)21-7-6-20(27)16-22(21)28/h6-7,15-16,18,30H,2-5,8-14,17H2,1H3,(H,29,33). The molecule has 0 aliphatic carbocycles. The van der Waals surface area contributed by atoms with Gasteiger partial charge in [0.25, 0.3) is 11.8 Å². The quantitative estimate of drug-likeness (QED) is 0.488. The predicted octanol–water partition coefficient (Wildman–Crippen LogP) is 5.15. The second-order valence-corrected chi connectivity index (χ2v) is 10.3. The third kappa shape index (κ3) is 6.15. The van der Waals surface area contributed by atoms with E-state index in [0.717, 1.165) is 71.2 Å². The Kier molecular flexibility index (Phi) is 8.56. The van der Waals surface area contributed by atoms with E-state index in [0.29, 0.717) is 33.8 Å². The topological polar surface area (TPSA) is 68.4 Å². The molecule has 1 aromatic heterocycles. The van der Waals surface area contributed by atoms with Crippen molar-refractivity contribution in [2.75, 3.05) is 32.7 Å². The minimum Gasteiger partial charge on any atom is -0.354 e. The molecule has 4 rings (SSSR count). The van der Waals surface area contributed by atoms with Crippen LogP contribution in [0, 0.1) is 5.92 Å². The van der Waals surface area contributed by atoms with E-state index in [2.05, 4.69) is 22.1 Å². The first-order chi connectivity index (χ1) is 16.4. The molecule has 1 fully saturated rings. The van der Waals surface area contributed by atoms with Crippen molar-refractivity contribution < 1.29 is 9.59 Å². The first kappa shape index (κ1) is 25.1. The SMILES string of the molecule is CCN1CCc2[nH]c(C(=O)NCCCCC3CCN(C(=O)c4ccc(Cl)cc4Cl)CC3)cc2C1. The number of carbonyl (C=O) groups excluding carboxylic acids is 2. The van der Waals surface area contributed by atoms with E-state index < -0.39 is 0 Å². The van der Waals surface area contributed by atoms with Gasteiger partial charge in [0, 0.05) is 49.9 Å². The summed E-state index contributed by atoms with van der Waals surface area (Å²) in [6, 6.07) is 7.04. The van der Waals surface area contributed by atoms with E-state index in [1.807, 2.05) is 11.0 Å². The number of benzene rings is 1. The molecule has 3 heterocycles. The van der Waals surface area contributed by atoms with Crippen LogP contribution in [-0.2, 0) is 13.0 Å². The number of nitrogens with one attached hydrogen (secondary N) is 2. The number of piperidine rings is 1. The third-order valence-electron chi connectivity index (χ3n) is 7.14. The summed E-state index contributed by atoms with van der Waals surface area (Å²) in [6.07, 6.45) is 6.17. The molecule has 0 bridgehead atoms. The van der Waals surface area contributed by atoms with Crippen molar-refractivity contribution >= 4 is 35.0 Å². The van der Waals surface area contributed by atoms with E-state index in [9.17, 15) is 9.59 Å². The van der Waals surface area contributed by atoms with Gasteiger partial charge in [-0.25, -0.2) is 0 Å². The fourth-order valence-electron chi connectivity index (χ4n) is 5.00. The number of aromatic amines is 1. The minimum atomic E-state index is -0.0174. The van der Waals surface area contributed by atoms with Gasteiger partial charge in [-0.2, -0.15) is 0 Å². The first-order valence-electron chi connectivity index (χ1n) is 12.4. The number of aromatic nitrogens is 1. The van der Waals surface area contributed by atoms with Crippen LogP contribution in [0.3, 0.4) is 0 Å². The van der Waals surface area contributed by atoms with Gasteiger partial charge in [0.2, 0.25) is 0 Å². The van der Waals surface area contributed by atoms with Gasteiger partial charge in [0.1, 0.15) is 5.69 Å². The summed E-state index contributed by atoms with van der Waals surface area (Å²) in [5.41, 5.74) is 3.66. The zero-order valence-electron chi connectivity index (χ0n) is 19.8. The van der Waals surface area contributed by atoms with Gasteiger partial charge in [0.05, 0.1) is 10.6 Å². The van der Waals surface area contributed by atoms with Crippen molar-refractivity contribution in [3.63, 3.8) is 0 Å². The number of likely N-dealkylation sites (tertiary alicyclic amines) is 1. The van der Waals surface area contributed by atoms with Gasteiger partial charge < -0.3 is 15.2 Å². The highest BCUT2D eigenvalue weighted by molar-refractivity contribution is 6.36. The molecule has 184 valence electrons. The number of hydrogen-bond acceptors (Lipinski definition) is 3. The largest absolute Gasteiger partial charge is 0.354 e. The van der Waals surface area contributed by atoms with Crippen LogP contribution in [0.1, 0.15) is 71.1 Å². The Labute approximate surface area is 212 Å².